The van der Waals surface area contributed by atoms with Crippen molar-refractivity contribution in [3.63, 3.8) is 0 Å². The highest BCUT2D eigenvalue weighted by Crippen LogP contribution is 2.21. The molecule has 1 aromatic heterocycles. The van der Waals surface area contributed by atoms with E-state index in [-0.39, 0.29) is 11.6 Å². The van der Waals surface area contributed by atoms with Crippen LogP contribution >= 0.6 is 15.9 Å². The van der Waals surface area contributed by atoms with E-state index in [1.807, 2.05) is 6.92 Å². The van der Waals surface area contributed by atoms with Crippen LogP contribution in [0.2, 0.25) is 0 Å². The SMILES string of the molecule is CCCn1ncc(NC2CCS(=O)CC2)c(Br)c1=O. The summed E-state index contributed by atoms with van der Waals surface area (Å²) < 4.78 is 13.3. The number of aromatic nitrogens is 2. The first-order chi connectivity index (χ1) is 9.11. The Morgan fingerprint density at radius 2 is 2.21 bits per heavy atom. The molecule has 1 N–H and O–H groups in total. The van der Waals surface area contributed by atoms with Crippen molar-refractivity contribution in [1.29, 1.82) is 0 Å². The molecule has 0 saturated carbocycles. The van der Waals surface area contributed by atoms with Crippen LogP contribution in [0.3, 0.4) is 0 Å². The van der Waals surface area contributed by atoms with Crippen LogP contribution in [0.1, 0.15) is 26.2 Å². The summed E-state index contributed by atoms with van der Waals surface area (Å²) in [6.45, 7) is 2.64. The minimum absolute atomic E-state index is 0.105. The zero-order chi connectivity index (χ0) is 13.8. The minimum atomic E-state index is -0.668. The van der Waals surface area contributed by atoms with E-state index in [1.54, 1.807) is 6.20 Å². The monoisotopic (exact) mass is 347 g/mol. The van der Waals surface area contributed by atoms with Crippen LogP contribution in [-0.4, -0.2) is 31.5 Å². The zero-order valence-electron chi connectivity index (χ0n) is 10.9. The van der Waals surface area contributed by atoms with Gasteiger partial charge in [-0.05, 0) is 35.2 Å². The van der Waals surface area contributed by atoms with Gasteiger partial charge in [0.15, 0.2) is 0 Å². The molecule has 0 amide bonds. The number of rotatable bonds is 4. The van der Waals surface area contributed by atoms with E-state index >= 15 is 0 Å². The molecule has 1 aromatic rings. The minimum Gasteiger partial charge on any atom is -0.380 e. The molecule has 0 radical (unpaired) electrons. The van der Waals surface area contributed by atoms with Crippen molar-refractivity contribution in [2.75, 3.05) is 16.8 Å². The van der Waals surface area contributed by atoms with Gasteiger partial charge in [0, 0.05) is 34.9 Å². The lowest BCUT2D eigenvalue weighted by atomic mass is 10.1. The molecule has 1 saturated heterocycles. The normalized spacial score (nSPS) is 23.3. The molecule has 1 fully saturated rings. The van der Waals surface area contributed by atoms with Gasteiger partial charge in [0.2, 0.25) is 0 Å². The molecule has 19 heavy (non-hydrogen) atoms. The second kappa shape index (κ2) is 6.65. The third kappa shape index (κ3) is 3.66. The van der Waals surface area contributed by atoms with Crippen molar-refractivity contribution < 1.29 is 4.21 Å². The molecule has 1 aliphatic heterocycles. The molecule has 0 aliphatic carbocycles. The van der Waals surface area contributed by atoms with Gasteiger partial charge in [-0.15, -0.1) is 0 Å². The summed E-state index contributed by atoms with van der Waals surface area (Å²) in [7, 11) is -0.668. The maximum Gasteiger partial charge on any atom is 0.283 e. The molecule has 0 atom stereocenters. The number of hydrogen-bond acceptors (Lipinski definition) is 4. The first-order valence-corrected chi connectivity index (χ1v) is 8.77. The Balaban J connectivity index is 2.11. The zero-order valence-corrected chi connectivity index (χ0v) is 13.3. The largest absolute Gasteiger partial charge is 0.380 e. The summed E-state index contributed by atoms with van der Waals surface area (Å²) in [6, 6.07) is 0.275. The van der Waals surface area contributed by atoms with Crippen LogP contribution in [-0.2, 0) is 17.3 Å². The van der Waals surface area contributed by atoms with Gasteiger partial charge < -0.3 is 5.32 Å². The Hall–Kier alpha value is -0.690. The van der Waals surface area contributed by atoms with Crippen LogP contribution in [0.25, 0.3) is 0 Å². The van der Waals surface area contributed by atoms with E-state index < -0.39 is 10.8 Å². The highest BCUT2D eigenvalue weighted by Gasteiger charge is 2.19. The van der Waals surface area contributed by atoms with E-state index in [4.69, 9.17) is 0 Å². The van der Waals surface area contributed by atoms with E-state index in [0.717, 1.165) is 36.5 Å². The fourth-order valence-electron chi connectivity index (χ4n) is 2.09. The molecule has 1 aliphatic rings. The Kier molecular flexibility index (Phi) is 5.15. The smallest absolute Gasteiger partial charge is 0.283 e. The summed E-state index contributed by atoms with van der Waals surface area (Å²) in [5, 5.41) is 7.48. The van der Waals surface area contributed by atoms with E-state index in [1.165, 1.54) is 4.68 Å². The molecule has 0 unspecified atom stereocenters. The second-order valence-electron chi connectivity index (χ2n) is 4.67. The van der Waals surface area contributed by atoms with E-state index in [2.05, 4.69) is 26.3 Å². The molecule has 0 bridgehead atoms. The maximum atomic E-state index is 12.0. The van der Waals surface area contributed by atoms with Gasteiger partial charge in [0.05, 0.1) is 11.9 Å². The van der Waals surface area contributed by atoms with Gasteiger partial charge in [-0.2, -0.15) is 5.10 Å². The molecular weight excluding hydrogens is 330 g/mol. The number of hydrogen-bond donors (Lipinski definition) is 1. The van der Waals surface area contributed by atoms with Gasteiger partial charge in [-0.25, -0.2) is 4.68 Å². The van der Waals surface area contributed by atoms with Crippen LogP contribution in [0.4, 0.5) is 5.69 Å². The van der Waals surface area contributed by atoms with Crippen molar-refractivity contribution in [2.45, 2.75) is 38.8 Å². The Morgan fingerprint density at radius 3 is 2.84 bits per heavy atom. The van der Waals surface area contributed by atoms with Crippen molar-refractivity contribution in [3.05, 3.63) is 21.0 Å². The Labute approximate surface area is 123 Å². The Morgan fingerprint density at radius 1 is 1.53 bits per heavy atom. The van der Waals surface area contributed by atoms with Gasteiger partial charge in [0.1, 0.15) is 4.47 Å². The number of aryl methyl sites for hydroxylation is 1. The number of anilines is 1. The van der Waals surface area contributed by atoms with E-state index in [9.17, 15) is 9.00 Å². The van der Waals surface area contributed by atoms with Crippen LogP contribution in [0.5, 0.6) is 0 Å². The number of nitrogens with one attached hydrogen (secondary N) is 1. The van der Waals surface area contributed by atoms with E-state index in [0.29, 0.717) is 11.0 Å². The summed E-state index contributed by atoms with van der Waals surface area (Å²) in [6.07, 6.45) is 4.31. The fourth-order valence-corrected chi connectivity index (χ4v) is 3.82. The van der Waals surface area contributed by atoms with Crippen molar-refractivity contribution in [1.82, 2.24) is 9.78 Å². The molecule has 0 spiro atoms. The van der Waals surface area contributed by atoms with Gasteiger partial charge in [-0.1, -0.05) is 6.92 Å². The molecule has 2 heterocycles. The summed E-state index contributed by atoms with van der Waals surface area (Å²) in [5.74, 6) is 1.46. The van der Waals surface area contributed by atoms with Crippen LogP contribution in [0, 0.1) is 0 Å². The fraction of sp³-hybridized carbons (Fsp3) is 0.667. The standard InChI is InChI=1S/C12H18BrN3O2S/c1-2-5-16-12(17)11(13)10(8-14-16)15-9-3-6-19(18)7-4-9/h8-9,15H,2-7H2,1H3. The average molecular weight is 348 g/mol. The highest BCUT2D eigenvalue weighted by molar-refractivity contribution is 9.10. The summed E-state index contributed by atoms with van der Waals surface area (Å²) in [5.41, 5.74) is 0.626. The lowest BCUT2D eigenvalue weighted by molar-refractivity contribution is 0.564. The summed E-state index contributed by atoms with van der Waals surface area (Å²) in [4.78, 5) is 12.0. The number of halogens is 1. The lowest BCUT2D eigenvalue weighted by Gasteiger charge is -2.24. The van der Waals surface area contributed by atoms with Gasteiger partial charge in [-0.3, -0.25) is 9.00 Å². The van der Waals surface area contributed by atoms with Crippen LogP contribution in [0.15, 0.2) is 15.5 Å². The quantitative estimate of drug-likeness (QED) is 0.900. The predicted molar refractivity (Wildman–Crippen MR) is 81.0 cm³/mol. The first-order valence-electron chi connectivity index (χ1n) is 6.49. The molecule has 2 rings (SSSR count). The molecule has 7 heteroatoms. The van der Waals surface area contributed by atoms with Crippen molar-refractivity contribution in [3.8, 4) is 0 Å². The van der Waals surface area contributed by atoms with Crippen LogP contribution < -0.4 is 10.9 Å². The van der Waals surface area contributed by atoms with Crippen molar-refractivity contribution in [2.24, 2.45) is 0 Å². The van der Waals surface area contributed by atoms with Gasteiger partial charge >= 0.3 is 0 Å². The maximum absolute atomic E-state index is 12.0. The third-order valence-electron chi connectivity index (χ3n) is 3.17. The topological polar surface area (TPSA) is 64.0 Å². The summed E-state index contributed by atoms with van der Waals surface area (Å²) >= 11 is 3.34. The molecule has 0 aromatic carbocycles. The van der Waals surface area contributed by atoms with Gasteiger partial charge in [0.25, 0.3) is 5.56 Å². The highest BCUT2D eigenvalue weighted by atomic mass is 79.9. The molecular formula is C12H18BrN3O2S. The second-order valence-corrected chi connectivity index (χ2v) is 7.16. The van der Waals surface area contributed by atoms with Crippen molar-refractivity contribution >= 4 is 32.4 Å². The Bertz CT molecular complexity index is 522. The predicted octanol–water partition coefficient (Wildman–Crippen LogP) is 1.74. The third-order valence-corrected chi connectivity index (χ3v) is 5.32. The first kappa shape index (κ1) is 14.7. The average Bonchev–Trinajstić information content (AvgIpc) is 2.41. The molecule has 106 valence electrons. The lowest BCUT2D eigenvalue weighted by Crippen LogP contribution is -2.31. The number of nitrogens with zero attached hydrogens (tertiary/aromatic N) is 2. The molecule has 5 nitrogen and oxygen atoms in total.